The number of aromatic nitrogens is 5. The molecular formula is C25H20N6OS. The molecule has 0 aliphatic rings. The van der Waals surface area contributed by atoms with Crippen LogP contribution in [0.25, 0.3) is 22.8 Å². The molecule has 5 aromatic rings. The van der Waals surface area contributed by atoms with Crippen molar-refractivity contribution in [1.29, 1.82) is 0 Å². The van der Waals surface area contributed by atoms with E-state index in [0.29, 0.717) is 22.9 Å². The molecule has 0 bridgehead atoms. The van der Waals surface area contributed by atoms with Crippen LogP contribution in [0.2, 0.25) is 0 Å². The predicted molar refractivity (Wildman–Crippen MR) is 131 cm³/mol. The van der Waals surface area contributed by atoms with E-state index >= 15 is 0 Å². The van der Waals surface area contributed by atoms with Crippen molar-refractivity contribution in [1.82, 2.24) is 25.1 Å². The van der Waals surface area contributed by atoms with Gasteiger partial charge in [-0.3, -0.25) is 5.10 Å². The second-order valence-corrected chi connectivity index (χ2v) is 7.67. The van der Waals surface area contributed by atoms with Crippen molar-refractivity contribution in [2.75, 3.05) is 0 Å². The van der Waals surface area contributed by atoms with Crippen LogP contribution in [0.4, 0.5) is 0 Å². The van der Waals surface area contributed by atoms with E-state index in [2.05, 4.69) is 25.5 Å². The van der Waals surface area contributed by atoms with Gasteiger partial charge >= 0.3 is 0 Å². The minimum Gasteiger partial charge on any atom is -0.489 e. The van der Waals surface area contributed by atoms with Crippen LogP contribution in [-0.2, 0) is 6.61 Å². The van der Waals surface area contributed by atoms with Crippen molar-refractivity contribution in [2.45, 2.75) is 6.61 Å². The van der Waals surface area contributed by atoms with Gasteiger partial charge in [0.05, 0.1) is 11.9 Å². The van der Waals surface area contributed by atoms with Gasteiger partial charge in [0.25, 0.3) is 0 Å². The molecule has 2 heterocycles. The molecule has 0 amide bonds. The van der Waals surface area contributed by atoms with Gasteiger partial charge in [0.15, 0.2) is 0 Å². The maximum Gasteiger partial charge on any atom is 0.216 e. The first-order chi connectivity index (χ1) is 16.3. The highest BCUT2D eigenvalue weighted by molar-refractivity contribution is 7.71. The summed E-state index contributed by atoms with van der Waals surface area (Å²) in [4.78, 5) is 0. The summed E-state index contributed by atoms with van der Waals surface area (Å²) < 4.78 is 7.80. The topological polar surface area (TPSA) is 83.9 Å². The van der Waals surface area contributed by atoms with Crippen molar-refractivity contribution in [3.8, 4) is 28.5 Å². The summed E-state index contributed by atoms with van der Waals surface area (Å²) in [6.45, 7) is 0.525. The summed E-state index contributed by atoms with van der Waals surface area (Å²) in [5, 5.41) is 19.0. The molecular weight excluding hydrogens is 432 g/mol. The number of nitrogens with one attached hydrogen (secondary N) is 2. The number of rotatable bonds is 7. The Bertz CT molecular complexity index is 1420. The largest absolute Gasteiger partial charge is 0.489 e. The van der Waals surface area contributed by atoms with Crippen LogP contribution in [0.5, 0.6) is 5.75 Å². The zero-order chi connectivity index (χ0) is 22.5. The summed E-state index contributed by atoms with van der Waals surface area (Å²) in [6.07, 6.45) is 1.73. The highest BCUT2D eigenvalue weighted by Gasteiger charge is 2.12. The van der Waals surface area contributed by atoms with Crippen LogP contribution in [0.3, 0.4) is 0 Å². The Morgan fingerprint density at radius 2 is 1.61 bits per heavy atom. The lowest BCUT2D eigenvalue weighted by Crippen LogP contribution is -1.96. The van der Waals surface area contributed by atoms with Crippen LogP contribution in [0.1, 0.15) is 11.1 Å². The summed E-state index contributed by atoms with van der Waals surface area (Å²) in [5.41, 5.74) is 4.58. The SMILES string of the molecule is S=c1[nH]nc(-c2cc(-c3ccccc3)n[nH]2)n1/N=C/c1ccc(OCc2ccccc2)cc1. The molecule has 2 aromatic heterocycles. The average Bonchev–Trinajstić information content (AvgIpc) is 3.50. The number of hydrogen-bond acceptors (Lipinski definition) is 5. The molecule has 33 heavy (non-hydrogen) atoms. The van der Waals surface area contributed by atoms with E-state index < -0.39 is 0 Å². The van der Waals surface area contributed by atoms with Gasteiger partial charge in [0.2, 0.25) is 10.6 Å². The van der Waals surface area contributed by atoms with Crippen molar-refractivity contribution in [2.24, 2.45) is 5.10 Å². The molecule has 0 fully saturated rings. The van der Waals surface area contributed by atoms with Gasteiger partial charge in [-0.2, -0.15) is 20.0 Å². The van der Waals surface area contributed by atoms with E-state index in [1.54, 1.807) is 10.9 Å². The molecule has 0 spiro atoms. The molecule has 3 aromatic carbocycles. The van der Waals surface area contributed by atoms with Gasteiger partial charge in [-0.05, 0) is 53.7 Å². The zero-order valence-electron chi connectivity index (χ0n) is 17.6. The molecule has 0 saturated heterocycles. The highest BCUT2D eigenvalue weighted by atomic mass is 32.1. The minimum atomic E-state index is 0.389. The van der Waals surface area contributed by atoms with Crippen LogP contribution in [-0.4, -0.2) is 31.3 Å². The number of ether oxygens (including phenoxy) is 1. The molecule has 0 unspecified atom stereocenters. The monoisotopic (exact) mass is 452 g/mol. The Morgan fingerprint density at radius 3 is 2.36 bits per heavy atom. The Hall–Kier alpha value is -4.30. The van der Waals surface area contributed by atoms with E-state index in [1.165, 1.54) is 0 Å². The molecule has 5 rings (SSSR count). The summed E-state index contributed by atoms with van der Waals surface area (Å²) in [5.74, 6) is 1.34. The van der Waals surface area contributed by atoms with Crippen molar-refractivity contribution in [3.05, 3.63) is 107 Å². The molecule has 7 nitrogen and oxygen atoms in total. The van der Waals surface area contributed by atoms with E-state index in [4.69, 9.17) is 17.0 Å². The lowest BCUT2D eigenvalue weighted by Gasteiger charge is -2.06. The molecule has 2 N–H and O–H groups in total. The smallest absolute Gasteiger partial charge is 0.216 e. The molecule has 0 atom stereocenters. The Labute approximate surface area is 195 Å². The zero-order valence-corrected chi connectivity index (χ0v) is 18.4. The third kappa shape index (κ3) is 4.81. The van der Waals surface area contributed by atoms with Crippen LogP contribution < -0.4 is 4.74 Å². The number of hydrogen-bond donors (Lipinski definition) is 2. The molecule has 0 aliphatic carbocycles. The fourth-order valence-electron chi connectivity index (χ4n) is 3.28. The van der Waals surface area contributed by atoms with Crippen LogP contribution >= 0.6 is 12.2 Å². The lowest BCUT2D eigenvalue weighted by molar-refractivity contribution is 0.306. The fourth-order valence-corrected chi connectivity index (χ4v) is 3.46. The Morgan fingerprint density at radius 1 is 0.879 bits per heavy atom. The second-order valence-electron chi connectivity index (χ2n) is 7.28. The second kappa shape index (κ2) is 9.46. The van der Waals surface area contributed by atoms with Gasteiger partial charge in [-0.1, -0.05) is 60.7 Å². The highest BCUT2D eigenvalue weighted by Crippen LogP contribution is 2.22. The molecule has 162 valence electrons. The van der Waals surface area contributed by atoms with Gasteiger partial charge in [0, 0.05) is 5.56 Å². The molecule has 0 radical (unpaired) electrons. The quantitative estimate of drug-likeness (QED) is 0.254. The number of aromatic amines is 2. The lowest BCUT2D eigenvalue weighted by atomic mass is 10.1. The van der Waals surface area contributed by atoms with Gasteiger partial charge in [-0.25, -0.2) is 5.10 Å². The minimum absolute atomic E-state index is 0.389. The Balaban J connectivity index is 1.31. The number of benzene rings is 3. The number of nitrogens with zero attached hydrogens (tertiary/aromatic N) is 4. The maximum atomic E-state index is 5.84. The maximum absolute atomic E-state index is 5.84. The van der Waals surface area contributed by atoms with Crippen LogP contribution in [0.15, 0.2) is 96.1 Å². The van der Waals surface area contributed by atoms with Crippen molar-refractivity contribution >= 4 is 18.4 Å². The van der Waals surface area contributed by atoms with E-state index in [-0.39, 0.29) is 0 Å². The molecule has 8 heteroatoms. The van der Waals surface area contributed by atoms with E-state index in [9.17, 15) is 0 Å². The normalized spacial score (nSPS) is 11.2. The summed E-state index contributed by atoms with van der Waals surface area (Å²) >= 11 is 5.37. The van der Waals surface area contributed by atoms with Gasteiger partial charge in [-0.15, -0.1) is 0 Å². The van der Waals surface area contributed by atoms with Gasteiger partial charge in [0.1, 0.15) is 18.1 Å². The van der Waals surface area contributed by atoms with E-state index in [0.717, 1.165) is 28.1 Å². The third-order valence-corrected chi connectivity index (χ3v) is 5.25. The van der Waals surface area contributed by atoms with Crippen molar-refractivity contribution < 1.29 is 4.74 Å². The molecule has 0 aliphatic heterocycles. The Kier molecular flexibility index (Phi) is 5.90. The fraction of sp³-hybridized carbons (Fsp3) is 0.0400. The summed E-state index contributed by atoms with van der Waals surface area (Å²) in [6, 6.07) is 29.6. The van der Waals surface area contributed by atoms with Crippen molar-refractivity contribution in [3.63, 3.8) is 0 Å². The predicted octanol–water partition coefficient (Wildman–Crippen LogP) is 5.46. The standard InChI is InChI=1S/C25H20N6OS/c33-25-30-29-24(23-15-22(27-28-23)20-9-5-2-6-10-20)31(25)26-16-18-11-13-21(14-12-18)32-17-19-7-3-1-4-8-19/h1-16H,17H2,(H,27,28)(H,30,33)/b26-16+. The summed E-state index contributed by atoms with van der Waals surface area (Å²) in [7, 11) is 0. The third-order valence-electron chi connectivity index (χ3n) is 4.99. The van der Waals surface area contributed by atoms with E-state index in [1.807, 2.05) is 91.0 Å². The van der Waals surface area contributed by atoms with Crippen LogP contribution in [0, 0.1) is 4.77 Å². The first-order valence-electron chi connectivity index (χ1n) is 10.4. The molecule has 0 saturated carbocycles. The average molecular weight is 453 g/mol. The first kappa shape index (κ1) is 20.6. The first-order valence-corrected chi connectivity index (χ1v) is 10.8. The number of H-pyrrole nitrogens is 2. The van der Waals surface area contributed by atoms with Gasteiger partial charge < -0.3 is 4.74 Å².